The molecule has 0 aromatic heterocycles. The van der Waals surface area contributed by atoms with Crippen LogP contribution in [0.4, 0.5) is 5.69 Å². The number of benzene rings is 1. The number of carbonyl (C=O) groups is 2. The lowest BCUT2D eigenvalue weighted by Gasteiger charge is -2.38. The molecular weight excluding hydrogens is 344 g/mol. The normalized spacial score (nSPS) is 19.0. The van der Waals surface area contributed by atoms with E-state index in [1.165, 1.54) is 5.56 Å². The number of piperazine rings is 1. The first-order chi connectivity index (χ1) is 13.1. The molecule has 1 atom stereocenters. The fourth-order valence-electron chi connectivity index (χ4n) is 3.81. The van der Waals surface area contributed by atoms with E-state index >= 15 is 0 Å². The SMILES string of the molecule is COCCNC(=O)CN1CCN(C(C)C(=O)N2CCc3ccccc32)CC1. The molecule has 1 aromatic rings. The highest BCUT2D eigenvalue weighted by molar-refractivity contribution is 5.98. The van der Waals surface area contributed by atoms with Gasteiger partial charge in [0.1, 0.15) is 0 Å². The number of fused-ring (bicyclic) bond motifs is 1. The number of carbonyl (C=O) groups excluding carboxylic acids is 2. The molecule has 7 nitrogen and oxygen atoms in total. The van der Waals surface area contributed by atoms with E-state index in [0.717, 1.165) is 44.8 Å². The van der Waals surface area contributed by atoms with Crippen LogP contribution in [0.15, 0.2) is 24.3 Å². The van der Waals surface area contributed by atoms with E-state index in [2.05, 4.69) is 21.2 Å². The number of methoxy groups -OCH3 is 1. The van der Waals surface area contributed by atoms with Crippen LogP contribution in [0.3, 0.4) is 0 Å². The van der Waals surface area contributed by atoms with Gasteiger partial charge in [-0.25, -0.2) is 0 Å². The van der Waals surface area contributed by atoms with Gasteiger partial charge in [0.2, 0.25) is 11.8 Å². The van der Waals surface area contributed by atoms with Crippen LogP contribution in [0.2, 0.25) is 0 Å². The molecule has 1 unspecified atom stereocenters. The van der Waals surface area contributed by atoms with E-state index in [4.69, 9.17) is 4.74 Å². The van der Waals surface area contributed by atoms with Crippen molar-refractivity contribution in [2.75, 3.05) is 64.4 Å². The van der Waals surface area contributed by atoms with E-state index in [0.29, 0.717) is 19.7 Å². The van der Waals surface area contributed by atoms with Crippen molar-refractivity contribution in [3.63, 3.8) is 0 Å². The minimum absolute atomic E-state index is 0.0262. The standard InChI is InChI=1S/C20H30N4O3/c1-16(20(26)24-9-7-17-5-3-4-6-18(17)24)23-12-10-22(11-13-23)15-19(25)21-8-14-27-2/h3-6,16H,7-15H2,1-2H3,(H,21,25). The third-order valence-corrected chi connectivity index (χ3v) is 5.46. The summed E-state index contributed by atoms with van der Waals surface area (Å²) in [6.45, 7) is 7.43. The first kappa shape index (κ1) is 19.8. The molecule has 0 spiro atoms. The summed E-state index contributed by atoms with van der Waals surface area (Å²) in [6.07, 6.45) is 0.931. The summed E-state index contributed by atoms with van der Waals surface area (Å²) in [5.74, 6) is 0.198. The van der Waals surface area contributed by atoms with Crippen molar-refractivity contribution in [2.24, 2.45) is 0 Å². The molecule has 0 aliphatic carbocycles. The van der Waals surface area contributed by atoms with Gasteiger partial charge in [-0.2, -0.15) is 0 Å². The number of hydrogen-bond donors (Lipinski definition) is 1. The van der Waals surface area contributed by atoms with E-state index in [9.17, 15) is 9.59 Å². The summed E-state index contributed by atoms with van der Waals surface area (Å²) < 4.78 is 4.94. The molecule has 1 aromatic carbocycles. The van der Waals surface area contributed by atoms with Gasteiger partial charge in [0.05, 0.1) is 19.2 Å². The highest BCUT2D eigenvalue weighted by Gasteiger charge is 2.32. The van der Waals surface area contributed by atoms with Crippen molar-refractivity contribution in [1.29, 1.82) is 0 Å². The van der Waals surface area contributed by atoms with Crippen LogP contribution in [0.1, 0.15) is 12.5 Å². The minimum atomic E-state index is -0.145. The van der Waals surface area contributed by atoms with Gasteiger partial charge in [0.15, 0.2) is 0 Å². The first-order valence-corrected chi connectivity index (χ1v) is 9.71. The molecule has 2 aliphatic rings. The molecule has 0 bridgehead atoms. The number of nitrogens with one attached hydrogen (secondary N) is 1. The molecule has 27 heavy (non-hydrogen) atoms. The van der Waals surface area contributed by atoms with Gasteiger partial charge in [-0.05, 0) is 25.0 Å². The molecule has 2 aliphatic heterocycles. The van der Waals surface area contributed by atoms with Gasteiger partial charge in [0, 0.05) is 52.1 Å². The number of anilines is 1. The molecule has 1 saturated heterocycles. The van der Waals surface area contributed by atoms with E-state index in [1.807, 2.05) is 30.0 Å². The molecule has 3 rings (SSSR count). The van der Waals surface area contributed by atoms with Crippen LogP contribution in [0.5, 0.6) is 0 Å². The van der Waals surface area contributed by atoms with Gasteiger partial charge in [-0.1, -0.05) is 18.2 Å². The maximum atomic E-state index is 13.0. The Kier molecular flexibility index (Phi) is 6.82. The van der Waals surface area contributed by atoms with Gasteiger partial charge < -0.3 is 15.0 Å². The fraction of sp³-hybridized carbons (Fsp3) is 0.600. The van der Waals surface area contributed by atoms with E-state index in [-0.39, 0.29) is 17.9 Å². The zero-order valence-corrected chi connectivity index (χ0v) is 16.3. The van der Waals surface area contributed by atoms with Crippen molar-refractivity contribution >= 4 is 17.5 Å². The maximum absolute atomic E-state index is 13.0. The van der Waals surface area contributed by atoms with Gasteiger partial charge in [0.25, 0.3) is 0 Å². The van der Waals surface area contributed by atoms with Crippen LogP contribution < -0.4 is 10.2 Å². The lowest BCUT2D eigenvalue weighted by Crippen LogP contribution is -2.55. The smallest absolute Gasteiger partial charge is 0.244 e. The topological polar surface area (TPSA) is 65.1 Å². The molecule has 2 amide bonds. The van der Waals surface area contributed by atoms with Gasteiger partial charge in [-0.3, -0.25) is 19.4 Å². The number of rotatable bonds is 7. The first-order valence-electron chi connectivity index (χ1n) is 9.71. The lowest BCUT2D eigenvalue weighted by atomic mass is 10.1. The predicted octanol–water partition coefficient (Wildman–Crippen LogP) is 0.344. The highest BCUT2D eigenvalue weighted by Crippen LogP contribution is 2.28. The Morgan fingerprint density at radius 1 is 1.15 bits per heavy atom. The Bertz CT molecular complexity index is 658. The second-order valence-electron chi connectivity index (χ2n) is 7.20. The van der Waals surface area contributed by atoms with Crippen molar-refractivity contribution in [1.82, 2.24) is 15.1 Å². The van der Waals surface area contributed by atoms with Crippen LogP contribution in [0.25, 0.3) is 0 Å². The van der Waals surface area contributed by atoms with Gasteiger partial charge >= 0.3 is 0 Å². The Labute approximate surface area is 161 Å². The van der Waals surface area contributed by atoms with Crippen molar-refractivity contribution < 1.29 is 14.3 Å². The summed E-state index contributed by atoms with van der Waals surface area (Å²) in [4.78, 5) is 31.2. The highest BCUT2D eigenvalue weighted by atomic mass is 16.5. The fourth-order valence-corrected chi connectivity index (χ4v) is 3.81. The Balaban J connectivity index is 1.47. The lowest BCUT2D eigenvalue weighted by molar-refractivity contribution is -0.126. The molecule has 148 valence electrons. The van der Waals surface area contributed by atoms with E-state index in [1.54, 1.807) is 7.11 Å². The largest absolute Gasteiger partial charge is 0.383 e. The molecule has 1 fully saturated rings. The second-order valence-corrected chi connectivity index (χ2v) is 7.20. The number of para-hydroxylation sites is 1. The molecular formula is C20H30N4O3. The van der Waals surface area contributed by atoms with Crippen molar-refractivity contribution in [3.05, 3.63) is 29.8 Å². The Morgan fingerprint density at radius 3 is 2.63 bits per heavy atom. The number of nitrogens with zero attached hydrogens (tertiary/aromatic N) is 3. The molecule has 1 N–H and O–H groups in total. The maximum Gasteiger partial charge on any atom is 0.244 e. The zero-order chi connectivity index (χ0) is 19.2. The monoisotopic (exact) mass is 374 g/mol. The van der Waals surface area contributed by atoms with Crippen LogP contribution in [-0.4, -0.2) is 87.2 Å². The summed E-state index contributed by atoms with van der Waals surface area (Å²) in [5, 5.41) is 2.85. The summed E-state index contributed by atoms with van der Waals surface area (Å²) >= 11 is 0. The molecule has 2 heterocycles. The Hall–Kier alpha value is -1.96. The zero-order valence-electron chi connectivity index (χ0n) is 16.3. The average molecular weight is 374 g/mol. The van der Waals surface area contributed by atoms with Crippen LogP contribution in [0, 0.1) is 0 Å². The Morgan fingerprint density at radius 2 is 1.89 bits per heavy atom. The third kappa shape index (κ3) is 4.86. The quantitative estimate of drug-likeness (QED) is 0.698. The minimum Gasteiger partial charge on any atom is -0.383 e. The third-order valence-electron chi connectivity index (χ3n) is 5.46. The van der Waals surface area contributed by atoms with Crippen molar-refractivity contribution in [2.45, 2.75) is 19.4 Å². The summed E-state index contributed by atoms with van der Waals surface area (Å²) in [5.41, 5.74) is 2.31. The molecule has 0 radical (unpaired) electrons. The van der Waals surface area contributed by atoms with Crippen molar-refractivity contribution in [3.8, 4) is 0 Å². The summed E-state index contributed by atoms with van der Waals surface area (Å²) in [7, 11) is 1.62. The van der Waals surface area contributed by atoms with Gasteiger partial charge in [-0.15, -0.1) is 0 Å². The van der Waals surface area contributed by atoms with E-state index < -0.39 is 0 Å². The average Bonchev–Trinajstić information content (AvgIpc) is 3.12. The molecule has 7 heteroatoms. The predicted molar refractivity (Wildman–Crippen MR) is 105 cm³/mol. The van der Waals surface area contributed by atoms with Crippen LogP contribution >= 0.6 is 0 Å². The molecule has 0 saturated carbocycles. The van der Waals surface area contributed by atoms with Crippen LogP contribution in [-0.2, 0) is 20.7 Å². The number of hydrogen-bond acceptors (Lipinski definition) is 5. The number of ether oxygens (including phenoxy) is 1. The second kappa shape index (κ2) is 9.30. The summed E-state index contributed by atoms with van der Waals surface area (Å²) in [6, 6.07) is 8.01. The number of amides is 2.